The molecule has 0 aliphatic rings. The molecule has 10 heteroatoms. The molecule has 200 valence electrons. The van der Waals surface area contributed by atoms with Gasteiger partial charge in [-0.05, 0) is 85.1 Å². The van der Waals surface area contributed by atoms with Crippen molar-refractivity contribution in [2.75, 3.05) is 24.7 Å². The molecule has 0 heterocycles. The summed E-state index contributed by atoms with van der Waals surface area (Å²) in [4.78, 5) is 0. The van der Waals surface area contributed by atoms with Gasteiger partial charge in [-0.25, -0.2) is 0 Å². The van der Waals surface area contributed by atoms with E-state index in [1.807, 2.05) is 48.5 Å². The minimum atomic E-state index is -3.93. The molecule has 0 atom stereocenters. The first-order valence-electron chi connectivity index (χ1n) is 12.1. The van der Waals surface area contributed by atoms with Gasteiger partial charge in [-0.2, -0.15) is 16.8 Å². The van der Waals surface area contributed by atoms with Crippen LogP contribution in [0.3, 0.4) is 0 Å². The van der Waals surface area contributed by atoms with Crippen molar-refractivity contribution in [3.8, 4) is 11.5 Å². The fourth-order valence-electron chi connectivity index (χ4n) is 3.84. The van der Waals surface area contributed by atoms with E-state index in [-0.39, 0.29) is 11.5 Å². The zero-order valence-electron chi connectivity index (χ0n) is 20.9. The molecule has 0 unspecified atom stereocenters. The van der Waals surface area contributed by atoms with Gasteiger partial charge in [0.1, 0.15) is 11.5 Å². The number of rotatable bonds is 16. The van der Waals surface area contributed by atoms with Gasteiger partial charge >= 0.3 is 0 Å². The van der Waals surface area contributed by atoms with Crippen molar-refractivity contribution >= 4 is 31.4 Å². The highest BCUT2D eigenvalue weighted by Crippen LogP contribution is 2.33. The average Bonchev–Trinajstić information content (AvgIpc) is 2.82. The minimum Gasteiger partial charge on any atom is -0.494 e. The molecule has 2 aromatic rings. The maximum atomic E-state index is 10.8. The first-order valence-corrected chi connectivity index (χ1v) is 15.3. The van der Waals surface area contributed by atoms with E-state index < -0.39 is 20.2 Å². The summed E-state index contributed by atoms with van der Waals surface area (Å²) in [7, 11) is -7.86. The SMILES string of the molecule is CC/C(=C(/CC)c1ccc(OCCCCS(=O)(=O)O)cc1)c1ccc(OCCCCS(=O)(=O)O)cc1. The maximum Gasteiger partial charge on any atom is 0.264 e. The van der Waals surface area contributed by atoms with Gasteiger partial charge in [-0.15, -0.1) is 0 Å². The minimum absolute atomic E-state index is 0.260. The summed E-state index contributed by atoms with van der Waals surface area (Å²) in [6.45, 7) is 4.99. The van der Waals surface area contributed by atoms with Crippen molar-refractivity contribution in [1.82, 2.24) is 0 Å². The van der Waals surface area contributed by atoms with E-state index in [2.05, 4.69) is 13.8 Å². The van der Waals surface area contributed by atoms with Crippen LogP contribution in [0.15, 0.2) is 48.5 Å². The molecule has 36 heavy (non-hydrogen) atoms. The van der Waals surface area contributed by atoms with Gasteiger partial charge in [0.05, 0.1) is 24.7 Å². The Morgan fingerprint density at radius 3 is 1.22 bits per heavy atom. The molecular weight excluding hydrogens is 504 g/mol. The van der Waals surface area contributed by atoms with Crippen LogP contribution < -0.4 is 9.47 Å². The molecule has 0 saturated heterocycles. The lowest BCUT2D eigenvalue weighted by atomic mass is 9.91. The summed E-state index contributed by atoms with van der Waals surface area (Å²) in [5, 5.41) is 0. The smallest absolute Gasteiger partial charge is 0.264 e. The summed E-state index contributed by atoms with van der Waals surface area (Å²) >= 11 is 0. The van der Waals surface area contributed by atoms with E-state index in [4.69, 9.17) is 18.6 Å². The Labute approximate surface area is 214 Å². The van der Waals surface area contributed by atoms with Crippen LogP contribution >= 0.6 is 0 Å². The zero-order valence-corrected chi connectivity index (χ0v) is 22.5. The second-order valence-corrected chi connectivity index (χ2v) is 11.5. The molecule has 0 amide bonds. The van der Waals surface area contributed by atoms with Crippen LogP contribution in [0.2, 0.25) is 0 Å². The first-order chi connectivity index (χ1) is 17.0. The van der Waals surface area contributed by atoms with Crippen LogP contribution in [0.4, 0.5) is 0 Å². The molecule has 2 N–H and O–H groups in total. The van der Waals surface area contributed by atoms with Crippen LogP contribution in [0.1, 0.15) is 63.5 Å². The Morgan fingerprint density at radius 2 is 0.944 bits per heavy atom. The van der Waals surface area contributed by atoms with E-state index in [9.17, 15) is 16.8 Å². The van der Waals surface area contributed by atoms with Crippen molar-refractivity contribution < 1.29 is 35.4 Å². The Kier molecular flexibility index (Phi) is 11.9. The molecule has 2 aromatic carbocycles. The lowest BCUT2D eigenvalue weighted by Gasteiger charge is -2.15. The molecule has 0 aromatic heterocycles. The molecule has 0 saturated carbocycles. The van der Waals surface area contributed by atoms with Crippen LogP contribution in [0.25, 0.3) is 11.1 Å². The normalized spacial score (nSPS) is 12.8. The third-order valence-electron chi connectivity index (χ3n) is 5.61. The van der Waals surface area contributed by atoms with Gasteiger partial charge < -0.3 is 9.47 Å². The molecule has 0 fully saturated rings. The Hall–Kier alpha value is -2.40. The standard InChI is InChI=1S/C26H36O8S2/c1-3-25(21-9-13-23(14-10-21)33-17-5-7-19-35(27,28)29)26(4-2)22-11-15-24(16-12-22)34-18-6-8-20-36(30,31)32/h9-16H,3-8,17-20H2,1-2H3,(H,27,28,29)(H,30,31,32)/b26-25+. The predicted molar refractivity (Wildman–Crippen MR) is 143 cm³/mol. The van der Waals surface area contributed by atoms with Gasteiger partial charge in [0.25, 0.3) is 20.2 Å². The summed E-state index contributed by atoms with van der Waals surface area (Å²) < 4.78 is 72.0. The topological polar surface area (TPSA) is 127 Å². The highest BCUT2D eigenvalue weighted by molar-refractivity contribution is 7.86. The number of unbranched alkanes of at least 4 members (excludes halogenated alkanes) is 2. The first kappa shape index (κ1) is 29.8. The average molecular weight is 541 g/mol. The largest absolute Gasteiger partial charge is 0.494 e. The Morgan fingerprint density at radius 1 is 0.611 bits per heavy atom. The summed E-state index contributed by atoms with van der Waals surface area (Å²) in [6.07, 6.45) is 3.46. The van der Waals surface area contributed by atoms with Gasteiger partial charge in [-0.3, -0.25) is 9.11 Å². The van der Waals surface area contributed by atoms with Gasteiger partial charge in [0.15, 0.2) is 0 Å². The van der Waals surface area contributed by atoms with Crippen molar-refractivity contribution in [3.63, 3.8) is 0 Å². The number of hydrogen-bond acceptors (Lipinski definition) is 6. The van der Waals surface area contributed by atoms with Crippen molar-refractivity contribution in [2.24, 2.45) is 0 Å². The number of allylic oxidation sites excluding steroid dienone is 2. The summed E-state index contributed by atoms with van der Waals surface area (Å²) in [6, 6.07) is 15.7. The second kappa shape index (κ2) is 14.4. The van der Waals surface area contributed by atoms with Crippen LogP contribution in [-0.2, 0) is 20.2 Å². The van der Waals surface area contributed by atoms with E-state index >= 15 is 0 Å². The second-order valence-electron chi connectivity index (χ2n) is 8.40. The van der Waals surface area contributed by atoms with Crippen LogP contribution in [0, 0.1) is 0 Å². The van der Waals surface area contributed by atoms with Crippen molar-refractivity contribution in [2.45, 2.75) is 52.4 Å². The molecule has 8 nitrogen and oxygen atoms in total. The number of hydrogen-bond donors (Lipinski definition) is 2. The third-order valence-corrected chi connectivity index (χ3v) is 7.22. The third kappa shape index (κ3) is 11.1. The summed E-state index contributed by atoms with van der Waals surface area (Å²) in [5.74, 6) is 0.891. The Bertz CT molecular complexity index is 1090. The zero-order chi connectivity index (χ0) is 26.6. The van der Waals surface area contributed by atoms with Crippen LogP contribution in [0.5, 0.6) is 11.5 Å². The molecule has 0 radical (unpaired) electrons. The highest BCUT2D eigenvalue weighted by atomic mass is 32.2. The lowest BCUT2D eigenvalue weighted by Crippen LogP contribution is -2.06. The van der Waals surface area contributed by atoms with E-state index in [0.717, 1.165) is 24.0 Å². The summed E-state index contributed by atoms with van der Waals surface area (Å²) in [5.41, 5.74) is 4.67. The molecule has 0 aliphatic heterocycles. The van der Waals surface area contributed by atoms with Gasteiger partial charge in [-0.1, -0.05) is 38.1 Å². The van der Waals surface area contributed by atoms with Crippen LogP contribution in [-0.4, -0.2) is 50.7 Å². The molecule has 2 rings (SSSR count). The lowest BCUT2D eigenvalue weighted by molar-refractivity contribution is 0.309. The fourth-order valence-corrected chi connectivity index (χ4v) is 4.98. The van der Waals surface area contributed by atoms with E-state index in [0.29, 0.717) is 50.4 Å². The highest BCUT2D eigenvalue weighted by Gasteiger charge is 2.10. The van der Waals surface area contributed by atoms with E-state index in [1.54, 1.807) is 0 Å². The predicted octanol–water partition coefficient (Wildman–Crippen LogP) is 5.51. The van der Waals surface area contributed by atoms with Crippen molar-refractivity contribution in [1.29, 1.82) is 0 Å². The maximum absolute atomic E-state index is 10.8. The number of ether oxygens (including phenoxy) is 2. The number of benzene rings is 2. The molecular formula is C26H36O8S2. The molecule has 0 bridgehead atoms. The quantitative estimate of drug-likeness (QED) is 0.162. The molecule has 0 spiro atoms. The van der Waals surface area contributed by atoms with Gasteiger partial charge in [0.2, 0.25) is 0 Å². The molecule has 0 aliphatic carbocycles. The van der Waals surface area contributed by atoms with E-state index in [1.165, 1.54) is 11.1 Å². The van der Waals surface area contributed by atoms with Crippen molar-refractivity contribution in [3.05, 3.63) is 59.7 Å². The Balaban J connectivity index is 1.99. The van der Waals surface area contributed by atoms with Gasteiger partial charge in [0, 0.05) is 0 Å². The monoisotopic (exact) mass is 540 g/mol. The fraction of sp³-hybridized carbons (Fsp3) is 0.462.